The van der Waals surface area contributed by atoms with Gasteiger partial charge in [-0.3, -0.25) is 10.1 Å². The summed E-state index contributed by atoms with van der Waals surface area (Å²) >= 11 is 2.69. The van der Waals surface area contributed by atoms with E-state index in [0.717, 1.165) is 21.7 Å². The van der Waals surface area contributed by atoms with Gasteiger partial charge in [-0.05, 0) is 30.0 Å². The minimum Gasteiger partial charge on any atom is -0.297 e. The molecule has 1 aromatic carbocycles. The lowest BCUT2D eigenvalue weighted by Crippen LogP contribution is -2.34. The fourth-order valence-corrected chi connectivity index (χ4v) is 5.81. The number of sulfonamides is 1. The number of amides is 1. The van der Waals surface area contributed by atoms with E-state index in [0.29, 0.717) is 23.0 Å². The van der Waals surface area contributed by atoms with E-state index in [1.165, 1.54) is 32.4 Å². The second-order valence-electron chi connectivity index (χ2n) is 6.66. The normalized spacial score (nSPS) is 14.8. The number of aromatic nitrogens is 1. The van der Waals surface area contributed by atoms with Crippen LogP contribution in [-0.4, -0.2) is 30.2 Å². The molecule has 0 saturated heterocycles. The molecule has 29 heavy (non-hydrogen) atoms. The van der Waals surface area contributed by atoms with Crippen LogP contribution < -0.4 is 5.32 Å². The van der Waals surface area contributed by atoms with Gasteiger partial charge in [0.05, 0.1) is 17.1 Å². The van der Waals surface area contributed by atoms with Gasteiger partial charge in [-0.25, -0.2) is 13.4 Å². The Kier molecular flexibility index (Phi) is 5.64. The molecule has 9 heteroatoms. The van der Waals surface area contributed by atoms with Gasteiger partial charge in [0, 0.05) is 23.3 Å². The molecule has 4 rings (SSSR count). The summed E-state index contributed by atoms with van der Waals surface area (Å²) in [5, 5.41) is 6.40. The zero-order valence-electron chi connectivity index (χ0n) is 15.7. The van der Waals surface area contributed by atoms with E-state index in [2.05, 4.69) is 10.3 Å². The highest BCUT2D eigenvalue weighted by atomic mass is 32.2. The monoisotopic (exact) mass is 445 g/mol. The molecule has 3 heterocycles. The van der Waals surface area contributed by atoms with E-state index >= 15 is 0 Å². The summed E-state index contributed by atoms with van der Waals surface area (Å²) in [6.07, 6.45) is 2.14. The Bertz CT molecular complexity index is 1150. The highest BCUT2D eigenvalue weighted by Crippen LogP contribution is 2.30. The molecule has 0 saturated carbocycles. The van der Waals surface area contributed by atoms with Gasteiger partial charge in [0.1, 0.15) is 0 Å². The topological polar surface area (TPSA) is 79.4 Å². The minimum atomic E-state index is -3.54. The van der Waals surface area contributed by atoms with E-state index < -0.39 is 10.0 Å². The van der Waals surface area contributed by atoms with Gasteiger partial charge in [0.2, 0.25) is 10.0 Å². The number of hydrogen-bond acceptors (Lipinski definition) is 6. The van der Waals surface area contributed by atoms with Gasteiger partial charge in [-0.1, -0.05) is 35.9 Å². The fourth-order valence-electron chi connectivity index (χ4n) is 2.94. The van der Waals surface area contributed by atoms with Crippen LogP contribution in [0, 0.1) is 6.92 Å². The average molecular weight is 446 g/mol. The molecular formula is C20H19N3O3S3. The van der Waals surface area contributed by atoms with E-state index in [1.54, 1.807) is 12.1 Å². The van der Waals surface area contributed by atoms with E-state index in [-0.39, 0.29) is 12.5 Å². The molecule has 3 aromatic rings. The van der Waals surface area contributed by atoms with E-state index in [1.807, 2.05) is 42.6 Å². The molecule has 1 aliphatic rings. The third kappa shape index (κ3) is 4.64. The second-order valence-corrected chi connectivity index (χ2v) is 10.5. The van der Waals surface area contributed by atoms with Crippen LogP contribution in [0.4, 0.5) is 5.13 Å². The van der Waals surface area contributed by atoms with Crippen molar-refractivity contribution < 1.29 is 13.2 Å². The summed E-state index contributed by atoms with van der Waals surface area (Å²) in [4.78, 5) is 18.2. The summed E-state index contributed by atoms with van der Waals surface area (Å²) < 4.78 is 26.9. The zero-order valence-corrected chi connectivity index (χ0v) is 18.1. The summed E-state index contributed by atoms with van der Waals surface area (Å²) in [6, 6.07) is 11.2. The van der Waals surface area contributed by atoms with Crippen LogP contribution in [0.3, 0.4) is 0 Å². The summed E-state index contributed by atoms with van der Waals surface area (Å²) in [5.41, 5.74) is 2.82. The van der Waals surface area contributed by atoms with E-state index in [4.69, 9.17) is 0 Å². The maximum Gasteiger partial charge on any atom is 0.267 e. The van der Waals surface area contributed by atoms with Crippen molar-refractivity contribution in [1.82, 2.24) is 9.29 Å². The number of nitrogens with zero attached hydrogens (tertiary/aromatic N) is 2. The lowest BCUT2D eigenvalue weighted by molar-refractivity contribution is 0.103. The molecule has 0 radical (unpaired) electrons. The molecule has 0 atom stereocenters. The molecule has 1 N–H and O–H groups in total. The Labute approximate surface area is 177 Å². The predicted molar refractivity (Wildman–Crippen MR) is 118 cm³/mol. The standard InChI is InChI=1S/C20H19N3O3S3/c1-14-4-6-15(7-5-14)9-12-29(25,26)23-10-8-16-18(13-23)28-20(21-16)22-19(24)17-3-2-11-27-17/h2-7,9,11-12H,8,10,13H2,1H3,(H,21,22,24)/b12-9+. The molecule has 150 valence electrons. The highest BCUT2D eigenvalue weighted by molar-refractivity contribution is 7.92. The Balaban J connectivity index is 1.45. The Morgan fingerprint density at radius 3 is 2.76 bits per heavy atom. The minimum absolute atomic E-state index is 0.198. The summed E-state index contributed by atoms with van der Waals surface area (Å²) in [7, 11) is -3.54. The van der Waals surface area contributed by atoms with Crippen LogP contribution in [-0.2, 0) is 23.0 Å². The maximum absolute atomic E-state index is 12.7. The van der Waals surface area contributed by atoms with Crippen LogP contribution in [0.5, 0.6) is 0 Å². The molecule has 1 amide bonds. The molecular weight excluding hydrogens is 426 g/mol. The van der Waals surface area contributed by atoms with Crippen molar-refractivity contribution in [3.05, 3.63) is 73.8 Å². The van der Waals surface area contributed by atoms with Crippen molar-refractivity contribution >= 4 is 49.8 Å². The van der Waals surface area contributed by atoms with Crippen LogP contribution in [0.1, 0.15) is 31.4 Å². The highest BCUT2D eigenvalue weighted by Gasteiger charge is 2.28. The lowest BCUT2D eigenvalue weighted by Gasteiger charge is -2.23. The quantitative estimate of drug-likeness (QED) is 0.641. The second kappa shape index (κ2) is 8.19. The molecule has 0 aliphatic carbocycles. The number of aryl methyl sites for hydroxylation is 1. The number of carbonyl (C=O) groups is 1. The predicted octanol–water partition coefficient (Wildman–Crippen LogP) is 4.12. The molecule has 6 nitrogen and oxygen atoms in total. The first-order valence-electron chi connectivity index (χ1n) is 8.99. The SMILES string of the molecule is Cc1ccc(/C=C/S(=O)(=O)N2CCc3nc(NC(=O)c4cccs4)sc3C2)cc1. The van der Waals surface area contributed by atoms with Crippen molar-refractivity contribution in [2.75, 3.05) is 11.9 Å². The number of fused-ring (bicyclic) bond motifs is 1. The van der Waals surface area contributed by atoms with Crippen molar-refractivity contribution in [2.45, 2.75) is 19.9 Å². The largest absolute Gasteiger partial charge is 0.297 e. The average Bonchev–Trinajstić information content (AvgIpc) is 3.36. The van der Waals surface area contributed by atoms with Gasteiger partial charge >= 0.3 is 0 Å². The first-order valence-corrected chi connectivity index (χ1v) is 12.2. The Morgan fingerprint density at radius 1 is 1.24 bits per heavy atom. The van der Waals surface area contributed by atoms with Crippen LogP contribution in [0.15, 0.2) is 47.2 Å². The smallest absolute Gasteiger partial charge is 0.267 e. The first-order chi connectivity index (χ1) is 13.9. The zero-order chi connectivity index (χ0) is 20.4. The fraction of sp³-hybridized carbons (Fsp3) is 0.200. The van der Waals surface area contributed by atoms with Crippen molar-refractivity contribution in [3.8, 4) is 0 Å². The van der Waals surface area contributed by atoms with Crippen molar-refractivity contribution in [1.29, 1.82) is 0 Å². The molecule has 2 aromatic heterocycles. The summed E-state index contributed by atoms with van der Waals surface area (Å²) in [6.45, 7) is 2.62. The molecule has 0 fully saturated rings. The van der Waals surface area contributed by atoms with Gasteiger partial charge < -0.3 is 0 Å². The van der Waals surface area contributed by atoms with Crippen LogP contribution in [0.25, 0.3) is 6.08 Å². The third-order valence-corrected chi connectivity index (χ3v) is 7.91. The number of thiophene rings is 1. The van der Waals surface area contributed by atoms with Crippen molar-refractivity contribution in [2.24, 2.45) is 0 Å². The van der Waals surface area contributed by atoms with Crippen LogP contribution >= 0.6 is 22.7 Å². The number of benzene rings is 1. The maximum atomic E-state index is 12.7. The van der Waals surface area contributed by atoms with Crippen LogP contribution in [0.2, 0.25) is 0 Å². The van der Waals surface area contributed by atoms with Crippen molar-refractivity contribution in [3.63, 3.8) is 0 Å². The lowest BCUT2D eigenvalue weighted by atomic mass is 10.2. The van der Waals surface area contributed by atoms with Gasteiger partial charge in [0.25, 0.3) is 5.91 Å². The number of anilines is 1. The Morgan fingerprint density at radius 2 is 2.03 bits per heavy atom. The number of carbonyl (C=O) groups excluding carboxylic acids is 1. The summed E-state index contributed by atoms with van der Waals surface area (Å²) in [5.74, 6) is -0.198. The molecule has 1 aliphatic heterocycles. The number of rotatable bonds is 5. The number of nitrogens with one attached hydrogen (secondary N) is 1. The molecule has 0 unspecified atom stereocenters. The Hall–Kier alpha value is -2.33. The van der Waals surface area contributed by atoms with Gasteiger partial charge in [-0.15, -0.1) is 22.7 Å². The molecule has 0 spiro atoms. The number of thiazole rings is 1. The first kappa shape index (κ1) is 20.0. The van der Waals surface area contributed by atoms with Gasteiger partial charge in [-0.2, -0.15) is 4.31 Å². The third-order valence-electron chi connectivity index (χ3n) is 4.53. The molecule has 0 bridgehead atoms. The van der Waals surface area contributed by atoms with Gasteiger partial charge in [0.15, 0.2) is 5.13 Å². The van der Waals surface area contributed by atoms with E-state index in [9.17, 15) is 13.2 Å². The number of hydrogen-bond donors (Lipinski definition) is 1.